The van der Waals surface area contributed by atoms with Crippen LogP contribution in [0.5, 0.6) is 5.75 Å². The van der Waals surface area contributed by atoms with Crippen LogP contribution in [-0.4, -0.2) is 19.3 Å². The highest BCUT2D eigenvalue weighted by Crippen LogP contribution is 2.30. The fourth-order valence-electron chi connectivity index (χ4n) is 2.73. The fraction of sp³-hybridized carbons (Fsp3) is 0.333. The average Bonchev–Trinajstić information content (AvgIpc) is 2.54. The minimum Gasteiger partial charge on any atom is -0.492 e. The van der Waals surface area contributed by atoms with Crippen molar-refractivity contribution in [1.29, 1.82) is 0 Å². The number of fused-ring (bicyclic) bond motifs is 1. The first-order valence-electron chi connectivity index (χ1n) is 7.46. The Labute approximate surface area is 125 Å². The molecule has 0 amide bonds. The fourth-order valence-corrected chi connectivity index (χ4v) is 2.73. The van der Waals surface area contributed by atoms with Gasteiger partial charge in [0, 0.05) is 6.04 Å². The highest BCUT2D eigenvalue weighted by molar-refractivity contribution is 5.31. The van der Waals surface area contributed by atoms with Crippen molar-refractivity contribution in [2.75, 3.05) is 13.2 Å². The first kappa shape index (κ1) is 14.1. The van der Waals surface area contributed by atoms with Gasteiger partial charge in [0.1, 0.15) is 12.4 Å². The van der Waals surface area contributed by atoms with Gasteiger partial charge in [-0.25, -0.2) is 0 Å². The summed E-state index contributed by atoms with van der Waals surface area (Å²) in [6.45, 7) is 1.28. The van der Waals surface area contributed by atoms with Crippen LogP contribution in [0.1, 0.15) is 23.7 Å². The summed E-state index contributed by atoms with van der Waals surface area (Å²) in [6.07, 6.45) is 1.86. The zero-order valence-corrected chi connectivity index (χ0v) is 12.1. The Morgan fingerprint density at radius 1 is 1.10 bits per heavy atom. The van der Waals surface area contributed by atoms with Gasteiger partial charge in [0.05, 0.1) is 12.7 Å². The van der Waals surface area contributed by atoms with E-state index in [-0.39, 0.29) is 12.1 Å². The van der Waals surface area contributed by atoms with Crippen LogP contribution >= 0.6 is 0 Å². The van der Waals surface area contributed by atoms with Crippen molar-refractivity contribution in [1.82, 2.24) is 0 Å². The van der Waals surface area contributed by atoms with E-state index in [4.69, 9.17) is 15.2 Å². The van der Waals surface area contributed by atoms with Crippen molar-refractivity contribution in [3.63, 3.8) is 0 Å². The average molecular weight is 283 g/mol. The molecule has 0 saturated carbocycles. The molecule has 2 aromatic rings. The number of rotatable bonds is 5. The Bertz CT molecular complexity index is 570. The molecule has 0 aromatic heterocycles. The SMILES string of the molecule is NC(COc1ccccc1)CC1OCCc2ccccc21. The van der Waals surface area contributed by atoms with Crippen LogP contribution in [0.25, 0.3) is 0 Å². The highest BCUT2D eigenvalue weighted by Gasteiger charge is 2.22. The van der Waals surface area contributed by atoms with E-state index in [0.717, 1.165) is 25.2 Å². The zero-order chi connectivity index (χ0) is 14.5. The molecule has 0 saturated heterocycles. The van der Waals surface area contributed by atoms with Gasteiger partial charge >= 0.3 is 0 Å². The van der Waals surface area contributed by atoms with Gasteiger partial charge in [0.15, 0.2) is 0 Å². The number of ether oxygens (including phenoxy) is 2. The number of hydrogen-bond donors (Lipinski definition) is 1. The Morgan fingerprint density at radius 2 is 1.86 bits per heavy atom. The van der Waals surface area contributed by atoms with Gasteiger partial charge in [0.25, 0.3) is 0 Å². The second-order valence-electron chi connectivity index (χ2n) is 5.43. The van der Waals surface area contributed by atoms with E-state index >= 15 is 0 Å². The predicted octanol–water partition coefficient (Wildman–Crippen LogP) is 3.10. The Balaban J connectivity index is 1.57. The summed E-state index contributed by atoms with van der Waals surface area (Å²) in [7, 11) is 0. The van der Waals surface area contributed by atoms with Gasteiger partial charge in [-0.2, -0.15) is 0 Å². The molecule has 0 bridgehead atoms. The van der Waals surface area contributed by atoms with Crippen LogP contribution < -0.4 is 10.5 Å². The molecule has 0 fully saturated rings. The minimum atomic E-state index is -0.0404. The smallest absolute Gasteiger partial charge is 0.119 e. The van der Waals surface area contributed by atoms with E-state index in [2.05, 4.69) is 24.3 Å². The molecule has 2 unspecified atom stereocenters. The molecule has 1 aliphatic heterocycles. The summed E-state index contributed by atoms with van der Waals surface area (Å²) in [6, 6.07) is 18.2. The number of para-hydroxylation sites is 1. The van der Waals surface area contributed by atoms with Crippen LogP contribution in [-0.2, 0) is 11.2 Å². The van der Waals surface area contributed by atoms with Crippen LogP contribution in [0.2, 0.25) is 0 Å². The lowest BCUT2D eigenvalue weighted by Crippen LogP contribution is -2.32. The van der Waals surface area contributed by atoms with E-state index in [9.17, 15) is 0 Å². The molecular formula is C18H21NO2. The molecule has 2 N–H and O–H groups in total. The molecule has 0 spiro atoms. The maximum absolute atomic E-state index is 6.20. The van der Waals surface area contributed by atoms with Crippen molar-refractivity contribution >= 4 is 0 Å². The van der Waals surface area contributed by atoms with Gasteiger partial charge in [-0.15, -0.1) is 0 Å². The maximum atomic E-state index is 6.20. The molecule has 110 valence electrons. The van der Waals surface area contributed by atoms with E-state index in [1.54, 1.807) is 0 Å². The molecule has 0 aliphatic carbocycles. The number of nitrogens with two attached hydrogens (primary N) is 1. The Morgan fingerprint density at radius 3 is 2.71 bits per heavy atom. The van der Waals surface area contributed by atoms with Crippen molar-refractivity contribution in [2.45, 2.75) is 25.0 Å². The predicted molar refractivity (Wildman–Crippen MR) is 83.4 cm³/mol. The van der Waals surface area contributed by atoms with E-state index in [1.165, 1.54) is 11.1 Å². The molecule has 2 aromatic carbocycles. The summed E-state index contributed by atoms with van der Waals surface area (Å²) in [4.78, 5) is 0. The van der Waals surface area contributed by atoms with Gasteiger partial charge in [-0.1, -0.05) is 42.5 Å². The van der Waals surface area contributed by atoms with Crippen LogP contribution in [0.3, 0.4) is 0 Å². The highest BCUT2D eigenvalue weighted by atomic mass is 16.5. The Hall–Kier alpha value is -1.84. The molecule has 3 nitrogen and oxygen atoms in total. The van der Waals surface area contributed by atoms with Gasteiger partial charge in [-0.05, 0) is 36.1 Å². The quantitative estimate of drug-likeness (QED) is 0.917. The summed E-state index contributed by atoms with van der Waals surface area (Å²) >= 11 is 0. The van der Waals surface area contributed by atoms with Crippen molar-refractivity contribution in [3.05, 3.63) is 65.7 Å². The molecule has 2 atom stereocenters. The van der Waals surface area contributed by atoms with Crippen molar-refractivity contribution in [3.8, 4) is 5.75 Å². The molecule has 3 rings (SSSR count). The van der Waals surface area contributed by atoms with Crippen LogP contribution in [0.4, 0.5) is 0 Å². The van der Waals surface area contributed by atoms with Gasteiger partial charge in [-0.3, -0.25) is 0 Å². The van der Waals surface area contributed by atoms with Crippen molar-refractivity contribution < 1.29 is 9.47 Å². The van der Waals surface area contributed by atoms with E-state index in [0.29, 0.717) is 6.61 Å². The standard InChI is InChI=1S/C18H21NO2/c19-15(13-21-16-7-2-1-3-8-16)12-18-17-9-5-4-6-14(17)10-11-20-18/h1-9,15,18H,10-13,19H2. The Kier molecular flexibility index (Phi) is 4.53. The summed E-state index contributed by atoms with van der Waals surface area (Å²) in [5.74, 6) is 0.859. The molecule has 1 aliphatic rings. The maximum Gasteiger partial charge on any atom is 0.119 e. The second kappa shape index (κ2) is 6.74. The van der Waals surface area contributed by atoms with Gasteiger partial charge < -0.3 is 15.2 Å². The molecule has 1 heterocycles. The van der Waals surface area contributed by atoms with Crippen molar-refractivity contribution in [2.24, 2.45) is 5.73 Å². The molecular weight excluding hydrogens is 262 g/mol. The summed E-state index contributed by atoms with van der Waals surface area (Å²) in [5.41, 5.74) is 8.86. The molecule has 21 heavy (non-hydrogen) atoms. The number of hydrogen-bond acceptors (Lipinski definition) is 3. The molecule has 0 radical (unpaired) electrons. The first-order valence-corrected chi connectivity index (χ1v) is 7.46. The topological polar surface area (TPSA) is 44.5 Å². The third-order valence-electron chi connectivity index (χ3n) is 3.82. The summed E-state index contributed by atoms with van der Waals surface area (Å²) < 4.78 is 11.6. The third-order valence-corrected chi connectivity index (χ3v) is 3.82. The van der Waals surface area contributed by atoms with E-state index in [1.807, 2.05) is 30.3 Å². The second-order valence-corrected chi connectivity index (χ2v) is 5.43. The lowest BCUT2D eigenvalue weighted by atomic mass is 9.94. The van der Waals surface area contributed by atoms with E-state index < -0.39 is 0 Å². The summed E-state index contributed by atoms with van der Waals surface area (Å²) in [5, 5.41) is 0. The minimum absolute atomic E-state index is 0.0404. The lowest BCUT2D eigenvalue weighted by molar-refractivity contribution is 0.0288. The van der Waals surface area contributed by atoms with Crippen LogP contribution in [0.15, 0.2) is 54.6 Å². The normalized spacial score (nSPS) is 18.8. The number of benzene rings is 2. The first-order chi connectivity index (χ1) is 10.3. The zero-order valence-electron chi connectivity index (χ0n) is 12.1. The molecule has 3 heteroatoms. The van der Waals surface area contributed by atoms with Gasteiger partial charge in [0.2, 0.25) is 0 Å². The van der Waals surface area contributed by atoms with Crippen LogP contribution in [0, 0.1) is 0 Å². The third kappa shape index (κ3) is 3.63. The monoisotopic (exact) mass is 283 g/mol. The lowest BCUT2D eigenvalue weighted by Gasteiger charge is -2.28. The largest absolute Gasteiger partial charge is 0.492 e.